The average Bonchev–Trinajstić information content (AvgIpc) is 2.73. The summed E-state index contributed by atoms with van der Waals surface area (Å²) in [7, 11) is 0. The van der Waals surface area contributed by atoms with Crippen molar-refractivity contribution in [3.05, 3.63) is 0 Å². The number of amides is 1. The van der Waals surface area contributed by atoms with Crippen molar-refractivity contribution in [1.29, 1.82) is 0 Å². The first-order chi connectivity index (χ1) is 8.06. The van der Waals surface area contributed by atoms with Gasteiger partial charge in [-0.05, 0) is 25.2 Å². The quantitative estimate of drug-likeness (QED) is 0.783. The second-order valence-corrected chi connectivity index (χ2v) is 5.68. The molecule has 1 N–H and O–H groups in total. The smallest absolute Gasteiger partial charge is 0.242 e. The Labute approximate surface area is 104 Å². The van der Waals surface area contributed by atoms with Gasteiger partial charge in [0.2, 0.25) is 5.91 Å². The number of carbonyl (C=O) groups excluding carboxylic acids is 1. The van der Waals surface area contributed by atoms with Crippen LogP contribution >= 0.6 is 0 Å². The Bertz CT molecular complexity index is 295. The van der Waals surface area contributed by atoms with Crippen molar-refractivity contribution in [3.8, 4) is 0 Å². The Hall–Kier alpha value is -0.610. The van der Waals surface area contributed by atoms with E-state index >= 15 is 0 Å². The van der Waals surface area contributed by atoms with Gasteiger partial charge in [0, 0.05) is 19.6 Å². The molecule has 2 rings (SSSR count). The highest BCUT2D eigenvalue weighted by Gasteiger charge is 2.39. The highest BCUT2D eigenvalue weighted by Crippen LogP contribution is 2.33. The van der Waals surface area contributed by atoms with Crippen LogP contribution in [0.4, 0.5) is 0 Å². The Kier molecular flexibility index (Phi) is 3.73. The summed E-state index contributed by atoms with van der Waals surface area (Å²) < 4.78 is 5.54. The van der Waals surface area contributed by atoms with Gasteiger partial charge in [0.1, 0.15) is 6.04 Å². The van der Waals surface area contributed by atoms with Gasteiger partial charge < -0.3 is 15.0 Å². The molecule has 4 heteroatoms. The van der Waals surface area contributed by atoms with E-state index in [4.69, 9.17) is 4.74 Å². The molecule has 2 fully saturated rings. The third-order valence-corrected chi connectivity index (χ3v) is 4.31. The van der Waals surface area contributed by atoms with Crippen molar-refractivity contribution in [2.75, 3.05) is 26.2 Å². The number of nitrogens with one attached hydrogen (secondary N) is 1. The van der Waals surface area contributed by atoms with Gasteiger partial charge in [0.25, 0.3) is 0 Å². The van der Waals surface area contributed by atoms with Gasteiger partial charge >= 0.3 is 0 Å². The molecule has 0 aromatic rings. The lowest BCUT2D eigenvalue weighted by molar-refractivity contribution is -0.138. The normalized spacial score (nSPS) is 38.4. The Morgan fingerprint density at radius 1 is 1.59 bits per heavy atom. The summed E-state index contributed by atoms with van der Waals surface area (Å²) >= 11 is 0. The van der Waals surface area contributed by atoms with Crippen molar-refractivity contribution in [1.82, 2.24) is 10.2 Å². The Morgan fingerprint density at radius 3 is 2.94 bits per heavy atom. The molecule has 17 heavy (non-hydrogen) atoms. The van der Waals surface area contributed by atoms with Crippen molar-refractivity contribution in [3.63, 3.8) is 0 Å². The third-order valence-electron chi connectivity index (χ3n) is 4.31. The van der Waals surface area contributed by atoms with Crippen molar-refractivity contribution < 1.29 is 9.53 Å². The number of ether oxygens (including phenoxy) is 1. The summed E-state index contributed by atoms with van der Waals surface area (Å²) in [6, 6.07) is -0.150. The number of rotatable bonds is 2. The van der Waals surface area contributed by atoms with Crippen LogP contribution in [-0.4, -0.2) is 49.2 Å². The van der Waals surface area contributed by atoms with E-state index < -0.39 is 0 Å². The second-order valence-electron chi connectivity index (χ2n) is 5.68. The van der Waals surface area contributed by atoms with E-state index in [0.29, 0.717) is 12.0 Å². The van der Waals surface area contributed by atoms with Crippen LogP contribution in [0.1, 0.15) is 33.6 Å². The minimum atomic E-state index is -0.150. The molecule has 0 bridgehead atoms. The van der Waals surface area contributed by atoms with E-state index in [-0.39, 0.29) is 18.1 Å². The Morgan fingerprint density at radius 2 is 2.35 bits per heavy atom. The summed E-state index contributed by atoms with van der Waals surface area (Å²) in [5, 5.41) is 3.27. The van der Waals surface area contributed by atoms with Gasteiger partial charge in [-0.25, -0.2) is 0 Å². The number of likely N-dealkylation sites (tertiary alicyclic amines) is 1. The first kappa shape index (κ1) is 12.8. The van der Waals surface area contributed by atoms with Crippen molar-refractivity contribution in [2.45, 2.75) is 45.8 Å². The fourth-order valence-corrected chi connectivity index (χ4v) is 2.71. The highest BCUT2D eigenvalue weighted by atomic mass is 16.5. The Balaban J connectivity index is 1.96. The molecular formula is C13H24N2O2. The molecule has 3 atom stereocenters. The molecule has 1 amide bonds. The van der Waals surface area contributed by atoms with Gasteiger partial charge in [-0.15, -0.1) is 0 Å². The van der Waals surface area contributed by atoms with E-state index in [0.717, 1.165) is 32.5 Å². The lowest BCUT2D eigenvalue weighted by Crippen LogP contribution is -2.56. The lowest BCUT2D eigenvalue weighted by atomic mass is 9.87. The van der Waals surface area contributed by atoms with Crippen LogP contribution in [0.5, 0.6) is 0 Å². The maximum Gasteiger partial charge on any atom is 0.242 e. The summed E-state index contributed by atoms with van der Waals surface area (Å²) in [4.78, 5) is 14.4. The standard InChI is InChI=1S/C13H24N2O2/c1-4-13(3)5-7-15(9-13)12(16)11-10(2)17-8-6-14-11/h10-11,14H,4-9H2,1-3H3/t10-,11+,13?/m1/s1. The monoisotopic (exact) mass is 240 g/mol. The van der Waals surface area contributed by atoms with Gasteiger partial charge in [0.05, 0.1) is 12.7 Å². The zero-order chi connectivity index (χ0) is 12.5. The number of hydrogen-bond donors (Lipinski definition) is 1. The van der Waals surface area contributed by atoms with E-state index in [1.165, 1.54) is 0 Å². The summed E-state index contributed by atoms with van der Waals surface area (Å²) in [5.41, 5.74) is 0.314. The molecule has 2 aliphatic rings. The zero-order valence-electron chi connectivity index (χ0n) is 11.2. The molecule has 0 spiro atoms. The van der Waals surface area contributed by atoms with Gasteiger partial charge in [-0.3, -0.25) is 4.79 Å². The fraction of sp³-hybridized carbons (Fsp3) is 0.923. The topological polar surface area (TPSA) is 41.6 Å². The van der Waals surface area contributed by atoms with Gasteiger partial charge in [0.15, 0.2) is 0 Å². The summed E-state index contributed by atoms with van der Waals surface area (Å²) in [6.07, 6.45) is 2.25. The summed E-state index contributed by atoms with van der Waals surface area (Å²) in [6.45, 7) is 9.73. The van der Waals surface area contributed by atoms with E-state index in [9.17, 15) is 4.79 Å². The molecule has 0 aromatic carbocycles. The van der Waals surface area contributed by atoms with Crippen molar-refractivity contribution in [2.24, 2.45) is 5.41 Å². The molecule has 2 saturated heterocycles. The second kappa shape index (κ2) is 4.94. The molecule has 0 aromatic heterocycles. The highest BCUT2D eigenvalue weighted by molar-refractivity contribution is 5.83. The number of hydrogen-bond acceptors (Lipinski definition) is 3. The summed E-state index contributed by atoms with van der Waals surface area (Å²) in [5.74, 6) is 0.217. The van der Waals surface area contributed by atoms with E-state index in [2.05, 4.69) is 19.2 Å². The predicted octanol–water partition coefficient (Wildman–Crippen LogP) is 1.01. The van der Waals surface area contributed by atoms with E-state index in [1.807, 2.05) is 11.8 Å². The fourth-order valence-electron chi connectivity index (χ4n) is 2.71. The molecule has 4 nitrogen and oxygen atoms in total. The molecule has 98 valence electrons. The zero-order valence-corrected chi connectivity index (χ0v) is 11.2. The van der Waals surface area contributed by atoms with E-state index in [1.54, 1.807) is 0 Å². The molecule has 0 aliphatic carbocycles. The lowest BCUT2D eigenvalue weighted by Gasteiger charge is -2.33. The molecular weight excluding hydrogens is 216 g/mol. The van der Waals surface area contributed by atoms with Crippen LogP contribution in [0, 0.1) is 5.41 Å². The maximum absolute atomic E-state index is 12.4. The maximum atomic E-state index is 12.4. The van der Waals surface area contributed by atoms with Crippen LogP contribution in [0.15, 0.2) is 0 Å². The van der Waals surface area contributed by atoms with Crippen LogP contribution in [-0.2, 0) is 9.53 Å². The predicted molar refractivity (Wildman–Crippen MR) is 66.8 cm³/mol. The van der Waals surface area contributed by atoms with Crippen LogP contribution in [0.25, 0.3) is 0 Å². The first-order valence-corrected chi connectivity index (χ1v) is 6.69. The molecule has 2 heterocycles. The average molecular weight is 240 g/mol. The first-order valence-electron chi connectivity index (χ1n) is 6.69. The largest absolute Gasteiger partial charge is 0.375 e. The minimum absolute atomic E-state index is 0.00951. The molecule has 1 unspecified atom stereocenters. The van der Waals surface area contributed by atoms with Gasteiger partial charge in [-0.1, -0.05) is 13.8 Å². The van der Waals surface area contributed by atoms with Crippen molar-refractivity contribution >= 4 is 5.91 Å². The number of carbonyl (C=O) groups is 1. The van der Waals surface area contributed by atoms with Crippen LogP contribution < -0.4 is 5.32 Å². The van der Waals surface area contributed by atoms with Gasteiger partial charge in [-0.2, -0.15) is 0 Å². The number of nitrogens with zero attached hydrogens (tertiary/aromatic N) is 1. The van der Waals surface area contributed by atoms with Crippen LogP contribution in [0.2, 0.25) is 0 Å². The molecule has 0 saturated carbocycles. The molecule has 2 aliphatic heterocycles. The van der Waals surface area contributed by atoms with Crippen LogP contribution in [0.3, 0.4) is 0 Å². The number of morpholine rings is 1. The minimum Gasteiger partial charge on any atom is -0.375 e. The molecule has 0 radical (unpaired) electrons. The third kappa shape index (κ3) is 2.63. The SMILES string of the molecule is CCC1(C)CCN(C(=O)[C@H]2NCCO[C@@H]2C)C1.